The van der Waals surface area contributed by atoms with Crippen molar-refractivity contribution in [2.75, 3.05) is 19.8 Å². The van der Waals surface area contributed by atoms with Gasteiger partial charge in [-0.3, -0.25) is 4.68 Å². The average molecular weight is 289 g/mol. The molecule has 0 amide bonds. The molecule has 0 aliphatic rings. The summed E-state index contributed by atoms with van der Waals surface area (Å²) in [6, 6.07) is 8.43. The van der Waals surface area contributed by atoms with Crippen LogP contribution in [0.1, 0.15) is 32.9 Å². The Kier molecular flexibility index (Phi) is 6.21. The van der Waals surface area contributed by atoms with E-state index in [1.165, 1.54) is 10.9 Å². The standard InChI is InChI=1S/C17H27N3O/c1-4-20-17-9-6-5-8-15(17)16(19-20)12-18-10-7-11-21-13-14(2)3/h5-6,8-9,14,18H,4,7,10-13H2,1-3H3. The first-order chi connectivity index (χ1) is 10.2. The fourth-order valence-corrected chi connectivity index (χ4v) is 2.39. The molecule has 0 radical (unpaired) electrons. The molecule has 4 heteroatoms. The van der Waals surface area contributed by atoms with E-state index in [4.69, 9.17) is 4.74 Å². The van der Waals surface area contributed by atoms with E-state index in [1.54, 1.807) is 0 Å². The van der Waals surface area contributed by atoms with Crippen LogP contribution in [0.25, 0.3) is 10.9 Å². The molecule has 0 spiro atoms. The summed E-state index contributed by atoms with van der Waals surface area (Å²) in [7, 11) is 0. The van der Waals surface area contributed by atoms with Crippen LogP contribution in [0.4, 0.5) is 0 Å². The number of rotatable bonds is 9. The van der Waals surface area contributed by atoms with Gasteiger partial charge in [-0.1, -0.05) is 32.0 Å². The molecule has 1 heterocycles. The molecule has 1 aromatic heterocycles. The second kappa shape index (κ2) is 8.15. The van der Waals surface area contributed by atoms with Crippen molar-refractivity contribution in [3.63, 3.8) is 0 Å². The Morgan fingerprint density at radius 2 is 2.10 bits per heavy atom. The lowest BCUT2D eigenvalue weighted by Gasteiger charge is -2.07. The molecule has 0 fully saturated rings. The van der Waals surface area contributed by atoms with E-state index in [0.717, 1.165) is 45.0 Å². The molecular weight excluding hydrogens is 262 g/mol. The first-order valence-corrected chi connectivity index (χ1v) is 7.95. The molecule has 21 heavy (non-hydrogen) atoms. The van der Waals surface area contributed by atoms with Crippen LogP contribution in [-0.4, -0.2) is 29.5 Å². The Labute approximate surface area is 127 Å². The van der Waals surface area contributed by atoms with Gasteiger partial charge in [0.05, 0.1) is 11.2 Å². The normalized spacial score (nSPS) is 11.6. The number of ether oxygens (including phenoxy) is 1. The lowest BCUT2D eigenvalue weighted by Crippen LogP contribution is -2.17. The summed E-state index contributed by atoms with van der Waals surface area (Å²) in [5, 5.41) is 9.40. The fourth-order valence-electron chi connectivity index (χ4n) is 2.39. The van der Waals surface area contributed by atoms with E-state index in [1.807, 2.05) is 0 Å². The summed E-state index contributed by atoms with van der Waals surface area (Å²) in [5.74, 6) is 0.613. The van der Waals surface area contributed by atoms with Crippen molar-refractivity contribution in [1.82, 2.24) is 15.1 Å². The highest BCUT2D eigenvalue weighted by Gasteiger charge is 2.08. The molecule has 2 rings (SSSR count). The van der Waals surface area contributed by atoms with Crippen molar-refractivity contribution >= 4 is 10.9 Å². The third-order valence-electron chi connectivity index (χ3n) is 3.42. The summed E-state index contributed by atoms with van der Waals surface area (Å²) < 4.78 is 7.65. The first-order valence-electron chi connectivity index (χ1n) is 7.95. The summed E-state index contributed by atoms with van der Waals surface area (Å²) >= 11 is 0. The summed E-state index contributed by atoms with van der Waals surface area (Å²) in [4.78, 5) is 0. The van der Waals surface area contributed by atoms with Gasteiger partial charge in [-0.25, -0.2) is 0 Å². The zero-order valence-electron chi connectivity index (χ0n) is 13.4. The summed E-state index contributed by atoms with van der Waals surface area (Å²) in [5.41, 5.74) is 2.35. The average Bonchev–Trinajstić information content (AvgIpc) is 2.84. The molecule has 4 nitrogen and oxygen atoms in total. The van der Waals surface area contributed by atoms with Crippen LogP contribution in [0.3, 0.4) is 0 Å². The maximum atomic E-state index is 5.58. The minimum atomic E-state index is 0.613. The van der Waals surface area contributed by atoms with Crippen LogP contribution in [-0.2, 0) is 17.8 Å². The molecule has 1 aromatic carbocycles. The Balaban J connectivity index is 1.79. The van der Waals surface area contributed by atoms with E-state index < -0.39 is 0 Å². The molecule has 0 atom stereocenters. The van der Waals surface area contributed by atoms with Crippen LogP contribution in [0.5, 0.6) is 0 Å². The Morgan fingerprint density at radius 3 is 2.86 bits per heavy atom. The number of fused-ring (bicyclic) bond motifs is 1. The molecule has 2 aromatic rings. The summed E-state index contributed by atoms with van der Waals surface area (Å²) in [6.45, 7) is 10.8. The molecule has 0 aliphatic heterocycles. The number of aromatic nitrogens is 2. The van der Waals surface area contributed by atoms with Crippen LogP contribution in [0.2, 0.25) is 0 Å². The number of aryl methyl sites for hydroxylation is 1. The number of hydrogen-bond donors (Lipinski definition) is 1. The molecule has 1 N–H and O–H groups in total. The van der Waals surface area contributed by atoms with Crippen molar-refractivity contribution in [1.29, 1.82) is 0 Å². The van der Waals surface area contributed by atoms with Gasteiger partial charge in [0.2, 0.25) is 0 Å². The van der Waals surface area contributed by atoms with Crippen LogP contribution in [0, 0.1) is 5.92 Å². The second-order valence-corrected chi connectivity index (χ2v) is 5.78. The topological polar surface area (TPSA) is 39.1 Å². The van der Waals surface area contributed by atoms with Crippen molar-refractivity contribution in [2.24, 2.45) is 5.92 Å². The molecule has 0 saturated carbocycles. The van der Waals surface area contributed by atoms with Gasteiger partial charge in [0.15, 0.2) is 0 Å². The van der Waals surface area contributed by atoms with Gasteiger partial charge in [-0.2, -0.15) is 5.10 Å². The number of hydrogen-bond acceptors (Lipinski definition) is 3. The van der Waals surface area contributed by atoms with Gasteiger partial charge in [-0.05, 0) is 31.9 Å². The molecular formula is C17H27N3O. The SMILES string of the molecule is CCn1nc(CNCCCOCC(C)C)c2ccccc21. The van der Waals surface area contributed by atoms with Gasteiger partial charge < -0.3 is 10.1 Å². The minimum absolute atomic E-state index is 0.613. The molecule has 0 bridgehead atoms. The van der Waals surface area contributed by atoms with E-state index in [0.29, 0.717) is 5.92 Å². The highest BCUT2D eigenvalue weighted by molar-refractivity contribution is 5.81. The predicted molar refractivity (Wildman–Crippen MR) is 87.4 cm³/mol. The van der Waals surface area contributed by atoms with Crippen LogP contribution >= 0.6 is 0 Å². The van der Waals surface area contributed by atoms with E-state index in [-0.39, 0.29) is 0 Å². The van der Waals surface area contributed by atoms with Gasteiger partial charge in [-0.15, -0.1) is 0 Å². The van der Waals surface area contributed by atoms with Crippen LogP contribution < -0.4 is 5.32 Å². The lowest BCUT2D eigenvalue weighted by molar-refractivity contribution is 0.108. The number of nitrogens with zero attached hydrogens (tertiary/aromatic N) is 2. The highest BCUT2D eigenvalue weighted by atomic mass is 16.5. The molecule has 0 aliphatic carbocycles. The van der Waals surface area contributed by atoms with E-state index in [9.17, 15) is 0 Å². The monoisotopic (exact) mass is 289 g/mol. The number of para-hydroxylation sites is 1. The largest absolute Gasteiger partial charge is 0.381 e. The lowest BCUT2D eigenvalue weighted by atomic mass is 10.2. The zero-order chi connectivity index (χ0) is 15.1. The minimum Gasteiger partial charge on any atom is -0.381 e. The second-order valence-electron chi connectivity index (χ2n) is 5.78. The fraction of sp³-hybridized carbons (Fsp3) is 0.588. The molecule has 0 saturated heterocycles. The van der Waals surface area contributed by atoms with Gasteiger partial charge in [0.25, 0.3) is 0 Å². The van der Waals surface area contributed by atoms with Gasteiger partial charge >= 0.3 is 0 Å². The first kappa shape index (κ1) is 16.0. The van der Waals surface area contributed by atoms with Gasteiger partial charge in [0.1, 0.15) is 0 Å². The van der Waals surface area contributed by atoms with Crippen molar-refractivity contribution in [3.8, 4) is 0 Å². The van der Waals surface area contributed by atoms with Crippen molar-refractivity contribution in [2.45, 2.75) is 40.3 Å². The Bertz CT molecular complexity index is 548. The molecule has 0 unspecified atom stereocenters. The summed E-state index contributed by atoms with van der Waals surface area (Å²) in [6.07, 6.45) is 1.04. The third kappa shape index (κ3) is 4.55. The predicted octanol–water partition coefficient (Wildman–Crippen LogP) is 3.21. The molecule has 116 valence electrons. The smallest absolute Gasteiger partial charge is 0.0841 e. The quantitative estimate of drug-likeness (QED) is 0.721. The van der Waals surface area contributed by atoms with E-state index >= 15 is 0 Å². The maximum absolute atomic E-state index is 5.58. The zero-order valence-corrected chi connectivity index (χ0v) is 13.4. The number of benzene rings is 1. The van der Waals surface area contributed by atoms with E-state index in [2.05, 4.69) is 60.1 Å². The maximum Gasteiger partial charge on any atom is 0.0841 e. The Morgan fingerprint density at radius 1 is 1.29 bits per heavy atom. The highest BCUT2D eigenvalue weighted by Crippen LogP contribution is 2.18. The third-order valence-corrected chi connectivity index (χ3v) is 3.42. The van der Waals surface area contributed by atoms with Gasteiger partial charge in [0, 0.05) is 31.7 Å². The Hall–Kier alpha value is -1.39. The van der Waals surface area contributed by atoms with Crippen molar-refractivity contribution in [3.05, 3.63) is 30.0 Å². The number of nitrogens with one attached hydrogen (secondary N) is 1. The van der Waals surface area contributed by atoms with Crippen LogP contribution in [0.15, 0.2) is 24.3 Å². The van der Waals surface area contributed by atoms with Crippen molar-refractivity contribution < 1.29 is 4.74 Å².